The molecule has 1 unspecified atom stereocenters. The van der Waals surface area contributed by atoms with Gasteiger partial charge in [0.1, 0.15) is 0 Å². The highest BCUT2D eigenvalue weighted by Crippen LogP contribution is 2.69. The summed E-state index contributed by atoms with van der Waals surface area (Å²) in [6, 6.07) is 9.26. The van der Waals surface area contributed by atoms with Gasteiger partial charge in [-0.25, -0.2) is 8.78 Å². The molecule has 8 rings (SSSR count). The number of allylic oxidation sites excluding steroid dienone is 1. The molecule has 2 spiro atoms. The highest BCUT2D eigenvalue weighted by atomic mass is 19.3. The van der Waals surface area contributed by atoms with Crippen molar-refractivity contribution in [1.29, 1.82) is 0 Å². The van der Waals surface area contributed by atoms with Crippen molar-refractivity contribution in [2.75, 3.05) is 13.1 Å². The summed E-state index contributed by atoms with van der Waals surface area (Å²) >= 11 is 0. The Kier molecular flexibility index (Phi) is 4.63. The standard InChI is InChI=1S/C32H36F2N2O/c1-29-10-8-25-17-24-4-5-26(36-15-13-31(33,34)20-36)18-30(24)11-12-32(25,37-30)28(29)7-6-27(29)22-3-2-21-9-14-35-19-23(21)16-22/h2-3,8-9,14,16-17,19,26-28H,4-7,10-13,15,18,20H2,1H3/t26-,27?,28-,29-,30-,32-/m1/s1. The van der Waals surface area contributed by atoms with E-state index in [2.05, 4.69) is 53.2 Å². The van der Waals surface area contributed by atoms with Crippen molar-refractivity contribution in [1.82, 2.24) is 9.88 Å². The highest BCUT2D eigenvalue weighted by molar-refractivity contribution is 5.82. The summed E-state index contributed by atoms with van der Waals surface area (Å²) in [5, 5.41) is 2.47. The Balaban J connectivity index is 1.12. The van der Waals surface area contributed by atoms with Crippen LogP contribution < -0.4 is 0 Å². The van der Waals surface area contributed by atoms with Gasteiger partial charge in [0.25, 0.3) is 5.92 Å². The van der Waals surface area contributed by atoms with Crippen LogP contribution in [0.5, 0.6) is 0 Å². The first-order chi connectivity index (χ1) is 17.8. The smallest absolute Gasteiger partial charge is 0.261 e. The molecule has 3 aliphatic carbocycles. The van der Waals surface area contributed by atoms with Gasteiger partial charge in [-0.05, 0) is 103 Å². The van der Waals surface area contributed by atoms with Crippen LogP contribution in [0.4, 0.5) is 8.78 Å². The van der Waals surface area contributed by atoms with Crippen LogP contribution in [0.3, 0.4) is 0 Å². The van der Waals surface area contributed by atoms with Gasteiger partial charge in [0.05, 0.1) is 17.7 Å². The Morgan fingerprint density at radius 3 is 2.84 bits per heavy atom. The average molecular weight is 503 g/mol. The number of nitrogens with zero attached hydrogens (tertiary/aromatic N) is 2. The molecule has 4 fully saturated rings. The van der Waals surface area contributed by atoms with Crippen molar-refractivity contribution in [3.63, 3.8) is 0 Å². The third kappa shape index (κ3) is 3.13. The van der Waals surface area contributed by atoms with Crippen LogP contribution >= 0.6 is 0 Å². The molecule has 2 bridgehead atoms. The summed E-state index contributed by atoms with van der Waals surface area (Å²) in [7, 11) is 0. The van der Waals surface area contributed by atoms with E-state index in [1.54, 1.807) is 0 Å². The maximum atomic E-state index is 14.0. The number of pyridine rings is 1. The Labute approximate surface area is 218 Å². The molecule has 0 radical (unpaired) electrons. The molecule has 3 aliphatic heterocycles. The number of hydrogen-bond donors (Lipinski definition) is 0. The van der Waals surface area contributed by atoms with Crippen LogP contribution in [0.2, 0.25) is 0 Å². The molecule has 2 aromatic rings. The number of likely N-dealkylation sites (tertiary alicyclic amines) is 1. The maximum Gasteiger partial charge on any atom is 0.261 e. The van der Waals surface area contributed by atoms with E-state index in [0.29, 0.717) is 18.4 Å². The third-order valence-electron chi connectivity index (χ3n) is 11.4. The quantitative estimate of drug-likeness (QED) is 0.435. The zero-order valence-corrected chi connectivity index (χ0v) is 21.7. The zero-order valence-electron chi connectivity index (χ0n) is 21.7. The number of benzene rings is 1. The molecule has 194 valence electrons. The number of rotatable bonds is 2. The normalized spacial score (nSPS) is 42.2. The molecule has 1 aromatic carbocycles. The van der Waals surface area contributed by atoms with Gasteiger partial charge in [-0.3, -0.25) is 9.88 Å². The van der Waals surface area contributed by atoms with E-state index in [1.165, 1.54) is 40.3 Å². The second-order valence-corrected chi connectivity index (χ2v) is 13.2. The molecule has 3 nitrogen and oxygen atoms in total. The molecule has 2 saturated heterocycles. The molecule has 0 amide bonds. The minimum absolute atomic E-state index is 0.00350. The summed E-state index contributed by atoms with van der Waals surface area (Å²) in [5.41, 5.74) is 4.00. The lowest BCUT2D eigenvalue weighted by Crippen LogP contribution is -2.55. The molecular weight excluding hydrogens is 466 g/mol. The highest BCUT2D eigenvalue weighted by Gasteiger charge is 2.66. The molecule has 2 saturated carbocycles. The van der Waals surface area contributed by atoms with Crippen molar-refractivity contribution < 1.29 is 13.5 Å². The summed E-state index contributed by atoms with van der Waals surface area (Å²) in [6.45, 7) is 2.95. The fourth-order valence-electron chi connectivity index (χ4n) is 9.64. The maximum absolute atomic E-state index is 14.0. The van der Waals surface area contributed by atoms with Crippen molar-refractivity contribution in [2.24, 2.45) is 11.3 Å². The van der Waals surface area contributed by atoms with Gasteiger partial charge in [-0.1, -0.05) is 31.2 Å². The van der Waals surface area contributed by atoms with Crippen LogP contribution in [0.15, 0.2) is 60.0 Å². The topological polar surface area (TPSA) is 25.4 Å². The van der Waals surface area contributed by atoms with Gasteiger partial charge < -0.3 is 4.74 Å². The van der Waals surface area contributed by atoms with Gasteiger partial charge in [0.2, 0.25) is 0 Å². The minimum Gasteiger partial charge on any atom is -0.359 e. The molecule has 1 aromatic heterocycles. The predicted molar refractivity (Wildman–Crippen MR) is 141 cm³/mol. The number of halogens is 2. The number of ether oxygens (including phenoxy) is 1. The first-order valence-electron chi connectivity index (χ1n) is 14.4. The lowest BCUT2D eigenvalue weighted by Gasteiger charge is -2.55. The second-order valence-electron chi connectivity index (χ2n) is 13.2. The first-order valence-corrected chi connectivity index (χ1v) is 14.4. The summed E-state index contributed by atoms with van der Waals surface area (Å²) < 4.78 is 35.5. The van der Waals surface area contributed by atoms with Crippen LogP contribution in [-0.2, 0) is 4.74 Å². The van der Waals surface area contributed by atoms with Gasteiger partial charge in [-0.2, -0.15) is 0 Å². The fourth-order valence-corrected chi connectivity index (χ4v) is 9.64. The van der Waals surface area contributed by atoms with Crippen LogP contribution in [0, 0.1) is 11.3 Å². The monoisotopic (exact) mass is 502 g/mol. The summed E-state index contributed by atoms with van der Waals surface area (Å²) in [6.07, 6.45) is 17.3. The molecule has 6 atom stereocenters. The summed E-state index contributed by atoms with van der Waals surface area (Å²) in [5.74, 6) is -1.54. The van der Waals surface area contributed by atoms with Gasteiger partial charge in [0.15, 0.2) is 0 Å². The van der Waals surface area contributed by atoms with E-state index in [0.717, 1.165) is 38.5 Å². The van der Waals surface area contributed by atoms with E-state index in [1.807, 2.05) is 12.4 Å². The Bertz CT molecular complexity index is 1350. The van der Waals surface area contributed by atoms with E-state index in [-0.39, 0.29) is 35.6 Å². The van der Waals surface area contributed by atoms with E-state index in [4.69, 9.17) is 4.74 Å². The van der Waals surface area contributed by atoms with Gasteiger partial charge in [-0.15, -0.1) is 0 Å². The third-order valence-corrected chi connectivity index (χ3v) is 11.4. The Morgan fingerprint density at radius 2 is 1.97 bits per heavy atom. The van der Waals surface area contributed by atoms with Gasteiger partial charge >= 0.3 is 0 Å². The molecule has 37 heavy (non-hydrogen) atoms. The minimum atomic E-state index is -2.53. The van der Waals surface area contributed by atoms with Crippen molar-refractivity contribution in [3.8, 4) is 0 Å². The first kappa shape index (κ1) is 22.8. The zero-order chi connectivity index (χ0) is 25.0. The van der Waals surface area contributed by atoms with Crippen LogP contribution in [0.25, 0.3) is 10.8 Å². The lowest BCUT2D eigenvalue weighted by molar-refractivity contribution is -0.141. The molecular formula is C32H36F2N2O. The van der Waals surface area contributed by atoms with Gasteiger partial charge in [0, 0.05) is 36.8 Å². The van der Waals surface area contributed by atoms with Crippen LogP contribution in [-0.4, -0.2) is 46.1 Å². The number of hydrogen-bond acceptors (Lipinski definition) is 3. The van der Waals surface area contributed by atoms with Crippen molar-refractivity contribution in [3.05, 3.63) is 65.5 Å². The fraction of sp³-hybridized carbons (Fsp3) is 0.594. The Hall–Kier alpha value is -2.11. The van der Waals surface area contributed by atoms with E-state index < -0.39 is 5.92 Å². The number of alkyl halides is 2. The molecule has 6 aliphatic rings. The van der Waals surface area contributed by atoms with E-state index in [9.17, 15) is 8.78 Å². The molecule has 0 N–H and O–H groups in total. The number of fused-ring (bicyclic) bond motifs is 2. The predicted octanol–water partition coefficient (Wildman–Crippen LogP) is 7.19. The second kappa shape index (κ2) is 7.51. The van der Waals surface area contributed by atoms with Crippen molar-refractivity contribution >= 4 is 10.8 Å². The number of aromatic nitrogens is 1. The SMILES string of the molecule is C[C@]12CC=C3C=C4CC[C@@H](N5CCC(F)(F)C5)C[C@]45CC[C@]3(O5)[C@@H]1CCC2c1ccc2ccncc2c1. The average Bonchev–Trinajstić information content (AvgIpc) is 3.54. The lowest BCUT2D eigenvalue weighted by atomic mass is 9.58. The largest absolute Gasteiger partial charge is 0.359 e. The van der Waals surface area contributed by atoms with Crippen molar-refractivity contribution in [2.45, 2.75) is 93.8 Å². The van der Waals surface area contributed by atoms with Crippen LogP contribution in [0.1, 0.15) is 76.2 Å². The molecule has 5 heteroatoms. The summed E-state index contributed by atoms with van der Waals surface area (Å²) in [4.78, 5) is 6.43. The molecule has 4 heterocycles. The Morgan fingerprint density at radius 1 is 1.05 bits per heavy atom. The van der Waals surface area contributed by atoms with E-state index >= 15 is 0 Å².